The molecule has 0 fully saturated rings. The summed E-state index contributed by atoms with van der Waals surface area (Å²) < 4.78 is 3.46. The van der Waals surface area contributed by atoms with Gasteiger partial charge in [-0.05, 0) is 37.6 Å². The number of aromatic nitrogens is 2. The van der Waals surface area contributed by atoms with Gasteiger partial charge in [0.15, 0.2) is 5.78 Å². The Hall–Kier alpha value is -2.82. The number of allylic oxidation sites excluding steroid dienone is 2. The standard InChI is InChI=1S/C18H19N3O2/c1-12-11-14(9-10-16(12)22)19-17-13(2)20(3)21(18(17)23)15-7-5-4-6-8-15/h4-11,14,19H,1-3H3. The molecule has 2 aromatic rings. The van der Waals surface area contributed by atoms with E-state index in [1.54, 1.807) is 23.8 Å². The van der Waals surface area contributed by atoms with Gasteiger partial charge in [-0.15, -0.1) is 0 Å². The first-order chi connectivity index (χ1) is 11.0. The van der Waals surface area contributed by atoms with Gasteiger partial charge in [-0.1, -0.05) is 30.4 Å². The highest BCUT2D eigenvalue weighted by Gasteiger charge is 2.19. The van der Waals surface area contributed by atoms with Crippen LogP contribution in [0.25, 0.3) is 5.69 Å². The molecule has 118 valence electrons. The van der Waals surface area contributed by atoms with E-state index in [4.69, 9.17) is 0 Å². The minimum Gasteiger partial charge on any atom is -0.369 e. The summed E-state index contributed by atoms with van der Waals surface area (Å²) in [6, 6.07) is 9.35. The lowest BCUT2D eigenvalue weighted by molar-refractivity contribution is -0.111. The molecule has 1 aliphatic carbocycles. The fourth-order valence-electron chi connectivity index (χ4n) is 2.72. The number of hydrogen-bond donors (Lipinski definition) is 1. The van der Waals surface area contributed by atoms with Crippen molar-refractivity contribution < 1.29 is 4.79 Å². The summed E-state index contributed by atoms with van der Waals surface area (Å²) in [5.74, 6) is 0.00882. The van der Waals surface area contributed by atoms with E-state index in [0.717, 1.165) is 11.4 Å². The third-order valence-electron chi connectivity index (χ3n) is 4.14. The quantitative estimate of drug-likeness (QED) is 0.947. The zero-order chi connectivity index (χ0) is 16.6. The van der Waals surface area contributed by atoms with Gasteiger partial charge < -0.3 is 5.32 Å². The molecule has 1 aromatic carbocycles. The van der Waals surface area contributed by atoms with Crippen LogP contribution in [0, 0.1) is 6.92 Å². The number of nitrogens with one attached hydrogen (secondary N) is 1. The summed E-state index contributed by atoms with van der Waals surface area (Å²) in [5.41, 5.74) is 2.78. The predicted octanol–water partition coefficient (Wildman–Crippen LogP) is 2.35. The molecule has 1 N–H and O–H groups in total. The first-order valence-electron chi connectivity index (χ1n) is 7.50. The van der Waals surface area contributed by atoms with Gasteiger partial charge in [0.1, 0.15) is 5.69 Å². The van der Waals surface area contributed by atoms with Gasteiger partial charge >= 0.3 is 0 Å². The predicted molar refractivity (Wildman–Crippen MR) is 91.1 cm³/mol. The van der Waals surface area contributed by atoms with E-state index >= 15 is 0 Å². The zero-order valence-corrected chi connectivity index (χ0v) is 13.4. The first kappa shape index (κ1) is 15.1. The molecule has 1 unspecified atom stereocenters. The average Bonchev–Trinajstić information content (AvgIpc) is 2.75. The van der Waals surface area contributed by atoms with Crippen molar-refractivity contribution in [2.75, 3.05) is 5.32 Å². The number of ketones is 1. The van der Waals surface area contributed by atoms with Crippen LogP contribution in [0.2, 0.25) is 0 Å². The van der Waals surface area contributed by atoms with E-state index in [-0.39, 0.29) is 17.4 Å². The Morgan fingerprint density at radius 2 is 1.78 bits per heavy atom. The second-order valence-electron chi connectivity index (χ2n) is 5.68. The second-order valence-corrected chi connectivity index (χ2v) is 5.68. The van der Waals surface area contributed by atoms with Gasteiger partial charge in [0, 0.05) is 7.05 Å². The molecule has 0 saturated carbocycles. The van der Waals surface area contributed by atoms with Crippen LogP contribution in [0.5, 0.6) is 0 Å². The lowest BCUT2D eigenvalue weighted by Gasteiger charge is -2.15. The molecule has 0 aliphatic heterocycles. The summed E-state index contributed by atoms with van der Waals surface area (Å²) in [7, 11) is 1.86. The highest BCUT2D eigenvalue weighted by molar-refractivity contribution is 6.04. The largest absolute Gasteiger partial charge is 0.369 e. The summed E-state index contributed by atoms with van der Waals surface area (Å²) in [6.07, 6.45) is 5.15. The minimum atomic E-state index is -0.161. The zero-order valence-electron chi connectivity index (χ0n) is 13.4. The Bertz CT molecular complexity index is 870. The maximum atomic E-state index is 12.8. The van der Waals surface area contributed by atoms with E-state index in [1.807, 2.05) is 55.1 Å². The number of nitrogens with zero attached hydrogens (tertiary/aromatic N) is 2. The van der Waals surface area contributed by atoms with Gasteiger partial charge in [0.05, 0.1) is 17.4 Å². The lowest BCUT2D eigenvalue weighted by atomic mass is 10.0. The van der Waals surface area contributed by atoms with Crippen molar-refractivity contribution in [2.45, 2.75) is 19.9 Å². The Morgan fingerprint density at radius 3 is 2.43 bits per heavy atom. The summed E-state index contributed by atoms with van der Waals surface area (Å²) in [4.78, 5) is 24.3. The number of carbonyl (C=O) groups is 1. The molecule has 1 atom stereocenters. The molecule has 23 heavy (non-hydrogen) atoms. The molecule has 0 radical (unpaired) electrons. The van der Waals surface area contributed by atoms with Crippen molar-refractivity contribution in [1.29, 1.82) is 0 Å². The molecule has 0 amide bonds. The van der Waals surface area contributed by atoms with Crippen molar-refractivity contribution in [1.82, 2.24) is 9.36 Å². The van der Waals surface area contributed by atoms with E-state index in [2.05, 4.69) is 5.32 Å². The number of rotatable bonds is 3. The van der Waals surface area contributed by atoms with Crippen LogP contribution in [-0.2, 0) is 11.8 Å². The smallest absolute Gasteiger partial charge is 0.295 e. The van der Waals surface area contributed by atoms with Crippen molar-refractivity contribution in [2.24, 2.45) is 7.05 Å². The van der Waals surface area contributed by atoms with Gasteiger partial charge in [0.2, 0.25) is 0 Å². The minimum absolute atomic E-state index is 0.00882. The molecular weight excluding hydrogens is 290 g/mol. The van der Waals surface area contributed by atoms with Crippen LogP contribution in [0.15, 0.2) is 58.9 Å². The first-order valence-corrected chi connectivity index (χ1v) is 7.50. The van der Waals surface area contributed by atoms with Crippen LogP contribution in [-0.4, -0.2) is 21.2 Å². The maximum Gasteiger partial charge on any atom is 0.295 e. The Kier molecular flexibility index (Phi) is 3.78. The monoisotopic (exact) mass is 309 g/mol. The van der Waals surface area contributed by atoms with Gasteiger partial charge in [-0.2, -0.15) is 0 Å². The highest BCUT2D eigenvalue weighted by atomic mass is 16.1. The van der Waals surface area contributed by atoms with Crippen LogP contribution >= 0.6 is 0 Å². The maximum absolute atomic E-state index is 12.8. The van der Waals surface area contributed by atoms with Crippen molar-refractivity contribution in [3.8, 4) is 5.69 Å². The fourth-order valence-corrected chi connectivity index (χ4v) is 2.72. The topological polar surface area (TPSA) is 56.0 Å². The normalized spacial score (nSPS) is 17.3. The third kappa shape index (κ3) is 2.65. The summed E-state index contributed by atoms with van der Waals surface area (Å²) in [5, 5.41) is 3.23. The SMILES string of the molecule is CC1=CC(Nc2c(C)n(C)n(-c3ccccc3)c2=O)C=CC1=O. The van der Waals surface area contributed by atoms with Crippen LogP contribution in [0.3, 0.4) is 0 Å². The van der Waals surface area contributed by atoms with E-state index in [1.165, 1.54) is 0 Å². The van der Waals surface area contributed by atoms with E-state index in [9.17, 15) is 9.59 Å². The third-order valence-corrected chi connectivity index (χ3v) is 4.14. The van der Waals surface area contributed by atoms with E-state index < -0.39 is 0 Å². The molecule has 5 nitrogen and oxygen atoms in total. The number of carbonyl (C=O) groups excluding carboxylic acids is 1. The number of hydrogen-bond acceptors (Lipinski definition) is 3. The van der Waals surface area contributed by atoms with E-state index in [0.29, 0.717) is 11.3 Å². The molecule has 1 heterocycles. The summed E-state index contributed by atoms with van der Waals surface area (Å²) in [6.45, 7) is 3.68. The van der Waals surface area contributed by atoms with Gasteiger partial charge in [0.25, 0.3) is 5.56 Å². The van der Waals surface area contributed by atoms with Crippen molar-refractivity contribution in [3.05, 3.63) is 70.2 Å². The molecule has 0 saturated heterocycles. The van der Waals surface area contributed by atoms with Gasteiger partial charge in [-0.3, -0.25) is 14.3 Å². The Morgan fingerprint density at radius 1 is 1.09 bits per heavy atom. The molecule has 3 rings (SSSR count). The molecule has 1 aromatic heterocycles. The van der Waals surface area contributed by atoms with Crippen molar-refractivity contribution in [3.63, 3.8) is 0 Å². The molecule has 1 aliphatic rings. The van der Waals surface area contributed by atoms with Crippen molar-refractivity contribution >= 4 is 11.5 Å². The molecular formula is C18H19N3O2. The Labute approximate surface area is 134 Å². The number of para-hydroxylation sites is 1. The lowest BCUT2D eigenvalue weighted by Crippen LogP contribution is -2.25. The Balaban J connectivity index is 2.01. The molecule has 0 spiro atoms. The van der Waals surface area contributed by atoms with Crippen LogP contribution in [0.1, 0.15) is 12.6 Å². The van der Waals surface area contributed by atoms with Gasteiger partial charge in [-0.25, -0.2) is 4.68 Å². The number of anilines is 1. The second kappa shape index (κ2) is 5.76. The highest BCUT2D eigenvalue weighted by Crippen LogP contribution is 2.17. The number of benzene rings is 1. The van der Waals surface area contributed by atoms with Crippen LogP contribution < -0.4 is 10.9 Å². The van der Waals surface area contributed by atoms with Crippen LogP contribution in [0.4, 0.5) is 5.69 Å². The summed E-state index contributed by atoms with van der Waals surface area (Å²) >= 11 is 0. The molecule has 0 bridgehead atoms. The fraction of sp³-hybridized carbons (Fsp3) is 0.222. The molecule has 5 heteroatoms. The average molecular weight is 309 g/mol.